The van der Waals surface area contributed by atoms with Crippen LogP contribution in [0.15, 0.2) is 53.4 Å². The summed E-state index contributed by atoms with van der Waals surface area (Å²) in [4.78, 5) is 10.8. The van der Waals surface area contributed by atoms with Gasteiger partial charge in [-0.1, -0.05) is 24.3 Å². The topological polar surface area (TPSA) is 105 Å². The standard InChI is InChI=1S/C18H20N2O5S/c21-18(22)12-25-14-6-7-16-13(10-14)8-9-19-17(16)11-20-26(23,24)15-4-2-1-3-5-15/h1-7,10,17,19-20H,8-9,11-12H2,(H,21,22). The van der Waals surface area contributed by atoms with Gasteiger partial charge in [0.05, 0.1) is 4.90 Å². The summed E-state index contributed by atoms with van der Waals surface area (Å²) < 4.78 is 32.6. The van der Waals surface area contributed by atoms with Crippen molar-refractivity contribution in [3.05, 3.63) is 59.7 Å². The van der Waals surface area contributed by atoms with E-state index in [9.17, 15) is 13.2 Å². The molecule has 1 aliphatic rings. The molecule has 1 heterocycles. The highest BCUT2D eigenvalue weighted by Gasteiger charge is 2.23. The summed E-state index contributed by atoms with van der Waals surface area (Å²) in [6, 6.07) is 13.4. The van der Waals surface area contributed by atoms with Crippen molar-refractivity contribution in [2.24, 2.45) is 0 Å². The number of fused-ring (bicyclic) bond motifs is 1. The van der Waals surface area contributed by atoms with Crippen LogP contribution in [0.2, 0.25) is 0 Å². The zero-order valence-electron chi connectivity index (χ0n) is 14.0. The summed E-state index contributed by atoms with van der Waals surface area (Å²) in [5.41, 5.74) is 2.00. The maximum absolute atomic E-state index is 12.4. The number of carboxylic acids is 1. The van der Waals surface area contributed by atoms with E-state index in [-0.39, 0.29) is 17.5 Å². The van der Waals surface area contributed by atoms with Crippen LogP contribution in [-0.2, 0) is 21.2 Å². The Labute approximate surface area is 152 Å². The highest BCUT2D eigenvalue weighted by molar-refractivity contribution is 7.89. The largest absolute Gasteiger partial charge is 0.482 e. The van der Waals surface area contributed by atoms with Crippen LogP contribution in [0.1, 0.15) is 17.2 Å². The summed E-state index contributed by atoms with van der Waals surface area (Å²) in [5.74, 6) is -0.533. The molecule has 1 aliphatic heterocycles. The number of ether oxygens (including phenoxy) is 1. The number of hydrogen-bond donors (Lipinski definition) is 3. The average Bonchev–Trinajstić information content (AvgIpc) is 2.65. The van der Waals surface area contributed by atoms with Crippen LogP contribution in [0.25, 0.3) is 0 Å². The quantitative estimate of drug-likeness (QED) is 0.673. The lowest BCUT2D eigenvalue weighted by atomic mass is 9.94. The monoisotopic (exact) mass is 376 g/mol. The van der Waals surface area contributed by atoms with E-state index in [1.807, 2.05) is 12.1 Å². The van der Waals surface area contributed by atoms with Crippen LogP contribution in [0, 0.1) is 0 Å². The van der Waals surface area contributed by atoms with E-state index in [4.69, 9.17) is 9.84 Å². The molecule has 0 aliphatic carbocycles. The van der Waals surface area contributed by atoms with Gasteiger partial charge in [-0.15, -0.1) is 0 Å². The number of nitrogens with one attached hydrogen (secondary N) is 2. The third-order valence-corrected chi connectivity index (χ3v) is 5.61. The molecule has 0 fully saturated rings. The van der Waals surface area contributed by atoms with Crippen molar-refractivity contribution in [2.75, 3.05) is 19.7 Å². The second kappa shape index (κ2) is 7.86. The van der Waals surface area contributed by atoms with E-state index in [1.165, 1.54) is 0 Å². The third kappa shape index (κ3) is 4.40. The molecule has 0 saturated carbocycles. The number of rotatable bonds is 7. The number of carbonyl (C=O) groups is 1. The molecule has 2 aromatic rings. The first kappa shape index (κ1) is 18.4. The molecule has 0 saturated heterocycles. The Kier molecular flexibility index (Phi) is 5.55. The smallest absolute Gasteiger partial charge is 0.341 e. The van der Waals surface area contributed by atoms with Crippen LogP contribution in [-0.4, -0.2) is 39.2 Å². The third-order valence-electron chi connectivity index (χ3n) is 4.17. The summed E-state index contributed by atoms with van der Waals surface area (Å²) >= 11 is 0. The van der Waals surface area contributed by atoms with Gasteiger partial charge in [0, 0.05) is 12.6 Å². The van der Waals surface area contributed by atoms with Crippen molar-refractivity contribution in [2.45, 2.75) is 17.4 Å². The predicted octanol–water partition coefficient (Wildman–Crippen LogP) is 1.32. The normalized spacial score (nSPS) is 16.7. The maximum Gasteiger partial charge on any atom is 0.341 e. The molecular formula is C18H20N2O5S. The Balaban J connectivity index is 1.70. The van der Waals surface area contributed by atoms with Crippen LogP contribution < -0.4 is 14.8 Å². The molecule has 7 nitrogen and oxygen atoms in total. The van der Waals surface area contributed by atoms with Crippen LogP contribution in [0.4, 0.5) is 0 Å². The van der Waals surface area contributed by atoms with E-state index in [2.05, 4.69) is 10.0 Å². The van der Waals surface area contributed by atoms with Gasteiger partial charge in [-0.05, 0) is 48.4 Å². The summed E-state index contributed by atoms with van der Waals surface area (Å²) in [6.07, 6.45) is 0.765. The minimum absolute atomic E-state index is 0.161. The summed E-state index contributed by atoms with van der Waals surface area (Å²) in [7, 11) is -3.57. The van der Waals surface area contributed by atoms with Gasteiger partial charge in [0.25, 0.3) is 0 Å². The number of aliphatic carboxylic acids is 1. The number of hydrogen-bond acceptors (Lipinski definition) is 5. The predicted molar refractivity (Wildman–Crippen MR) is 95.7 cm³/mol. The molecule has 0 aromatic heterocycles. The van der Waals surface area contributed by atoms with E-state index in [0.29, 0.717) is 12.3 Å². The van der Waals surface area contributed by atoms with Crippen LogP contribution >= 0.6 is 0 Å². The zero-order chi connectivity index (χ0) is 18.6. The Morgan fingerprint density at radius 1 is 1.23 bits per heavy atom. The summed E-state index contributed by atoms with van der Waals surface area (Å²) in [6.45, 7) is 0.532. The number of benzene rings is 2. The van der Waals surface area contributed by atoms with Crippen molar-refractivity contribution in [1.29, 1.82) is 0 Å². The van der Waals surface area contributed by atoms with Crippen molar-refractivity contribution in [3.63, 3.8) is 0 Å². The van der Waals surface area contributed by atoms with Crippen molar-refractivity contribution < 1.29 is 23.1 Å². The molecule has 0 bridgehead atoms. The lowest BCUT2D eigenvalue weighted by Gasteiger charge is -2.27. The van der Waals surface area contributed by atoms with Gasteiger partial charge in [-0.25, -0.2) is 17.9 Å². The summed E-state index contributed by atoms with van der Waals surface area (Å²) in [5, 5.41) is 12.0. The maximum atomic E-state index is 12.4. The first-order valence-electron chi connectivity index (χ1n) is 8.21. The molecular weight excluding hydrogens is 356 g/mol. The van der Waals surface area contributed by atoms with Crippen LogP contribution in [0.3, 0.4) is 0 Å². The lowest BCUT2D eigenvalue weighted by Crippen LogP contribution is -2.38. The SMILES string of the molecule is O=C(O)COc1ccc2c(c1)CCNC2CNS(=O)(=O)c1ccccc1. The van der Waals surface area contributed by atoms with E-state index < -0.39 is 22.6 Å². The zero-order valence-corrected chi connectivity index (χ0v) is 14.8. The second-order valence-corrected chi connectivity index (χ2v) is 7.73. The minimum atomic E-state index is -3.57. The van der Waals surface area contributed by atoms with Crippen molar-refractivity contribution in [3.8, 4) is 5.75 Å². The molecule has 0 radical (unpaired) electrons. The number of carboxylic acid groups (broad SMARTS) is 1. The molecule has 1 unspecified atom stereocenters. The van der Waals surface area contributed by atoms with Gasteiger partial charge in [-0.3, -0.25) is 0 Å². The first-order chi connectivity index (χ1) is 12.5. The van der Waals surface area contributed by atoms with E-state index in [0.717, 1.165) is 17.5 Å². The van der Waals surface area contributed by atoms with Gasteiger partial charge >= 0.3 is 5.97 Å². The Morgan fingerprint density at radius 2 is 2.00 bits per heavy atom. The minimum Gasteiger partial charge on any atom is -0.482 e. The molecule has 26 heavy (non-hydrogen) atoms. The first-order valence-corrected chi connectivity index (χ1v) is 9.69. The molecule has 1 atom stereocenters. The van der Waals surface area contributed by atoms with Gasteiger partial charge in [0.15, 0.2) is 6.61 Å². The fraction of sp³-hybridized carbons (Fsp3) is 0.278. The van der Waals surface area contributed by atoms with E-state index in [1.54, 1.807) is 36.4 Å². The van der Waals surface area contributed by atoms with Crippen molar-refractivity contribution in [1.82, 2.24) is 10.0 Å². The molecule has 0 spiro atoms. The van der Waals surface area contributed by atoms with Gasteiger partial charge in [0.1, 0.15) is 5.75 Å². The highest BCUT2D eigenvalue weighted by Crippen LogP contribution is 2.27. The molecule has 8 heteroatoms. The van der Waals surface area contributed by atoms with Gasteiger partial charge in [-0.2, -0.15) is 0 Å². The van der Waals surface area contributed by atoms with Gasteiger partial charge in [0.2, 0.25) is 10.0 Å². The fourth-order valence-electron chi connectivity index (χ4n) is 2.92. The molecule has 3 rings (SSSR count). The highest BCUT2D eigenvalue weighted by atomic mass is 32.2. The van der Waals surface area contributed by atoms with Gasteiger partial charge < -0.3 is 15.2 Å². The molecule has 138 valence electrons. The van der Waals surface area contributed by atoms with Crippen molar-refractivity contribution >= 4 is 16.0 Å². The lowest BCUT2D eigenvalue weighted by molar-refractivity contribution is -0.139. The Morgan fingerprint density at radius 3 is 2.73 bits per heavy atom. The number of sulfonamides is 1. The molecule has 2 aromatic carbocycles. The Bertz CT molecular complexity index is 884. The fourth-order valence-corrected chi connectivity index (χ4v) is 3.99. The van der Waals surface area contributed by atoms with Crippen LogP contribution in [0.5, 0.6) is 5.75 Å². The average molecular weight is 376 g/mol. The van der Waals surface area contributed by atoms with E-state index >= 15 is 0 Å². The molecule has 0 amide bonds. The Hall–Kier alpha value is -2.42. The second-order valence-electron chi connectivity index (χ2n) is 5.96. The molecule has 3 N–H and O–H groups in total.